The van der Waals surface area contributed by atoms with Gasteiger partial charge >= 0.3 is 6.03 Å². The van der Waals surface area contributed by atoms with Crippen molar-refractivity contribution in [3.63, 3.8) is 0 Å². The molecule has 0 aliphatic heterocycles. The van der Waals surface area contributed by atoms with Crippen LogP contribution in [0.5, 0.6) is 0 Å². The van der Waals surface area contributed by atoms with Crippen LogP contribution < -0.4 is 16.4 Å². The van der Waals surface area contributed by atoms with E-state index in [4.69, 9.17) is 17.3 Å². The van der Waals surface area contributed by atoms with Gasteiger partial charge in [0, 0.05) is 28.5 Å². The molecule has 0 saturated heterocycles. The number of H-pyrrole nitrogens is 1. The number of halogens is 2. The number of nitrogens with one attached hydrogen (secondary N) is 3. The maximum absolute atomic E-state index is 13.2. The molecule has 150 valence electrons. The number of urea groups is 1. The van der Waals surface area contributed by atoms with Crippen LogP contribution in [-0.2, 0) is 0 Å². The van der Waals surface area contributed by atoms with E-state index in [2.05, 4.69) is 20.6 Å². The highest BCUT2D eigenvalue weighted by Crippen LogP contribution is 2.32. The molecule has 4 aromatic rings. The smallest absolute Gasteiger partial charge is 0.323 e. The second kappa shape index (κ2) is 7.84. The summed E-state index contributed by atoms with van der Waals surface area (Å²) in [6, 6.07) is 12.1. The number of hydrogen-bond donors (Lipinski definition) is 4. The number of rotatable bonds is 4. The molecule has 0 atom stereocenters. The highest BCUT2D eigenvalue weighted by atomic mass is 35.5. The summed E-state index contributed by atoms with van der Waals surface area (Å²) in [4.78, 5) is 31.1. The van der Waals surface area contributed by atoms with E-state index in [0.29, 0.717) is 22.5 Å². The molecule has 5 N–H and O–H groups in total. The first-order valence-electron chi connectivity index (χ1n) is 8.81. The van der Waals surface area contributed by atoms with E-state index in [-0.39, 0.29) is 10.7 Å². The third kappa shape index (κ3) is 3.81. The molecular weight excluding hydrogens is 409 g/mol. The summed E-state index contributed by atoms with van der Waals surface area (Å²) in [6.45, 7) is 0. The summed E-state index contributed by atoms with van der Waals surface area (Å²) < 4.78 is 13.2. The summed E-state index contributed by atoms with van der Waals surface area (Å²) >= 11 is 5.71. The van der Waals surface area contributed by atoms with Gasteiger partial charge in [-0.15, -0.1) is 0 Å². The number of carbonyl (C=O) groups excluding carboxylic acids is 2. The van der Waals surface area contributed by atoms with E-state index in [1.54, 1.807) is 42.7 Å². The maximum atomic E-state index is 13.2. The zero-order valence-electron chi connectivity index (χ0n) is 15.4. The van der Waals surface area contributed by atoms with Crippen molar-refractivity contribution in [2.24, 2.45) is 5.73 Å². The second-order valence-corrected chi connectivity index (χ2v) is 6.85. The minimum absolute atomic E-state index is 0.0867. The third-order valence-corrected chi connectivity index (χ3v) is 4.75. The van der Waals surface area contributed by atoms with Gasteiger partial charge in [-0.3, -0.25) is 9.78 Å². The van der Waals surface area contributed by atoms with Crippen LogP contribution in [0.25, 0.3) is 22.0 Å². The number of pyridine rings is 1. The fourth-order valence-electron chi connectivity index (χ4n) is 3.12. The second-order valence-electron chi connectivity index (χ2n) is 6.45. The lowest BCUT2D eigenvalue weighted by Crippen LogP contribution is -2.19. The summed E-state index contributed by atoms with van der Waals surface area (Å²) in [5.74, 6) is -1.15. The predicted molar refractivity (Wildman–Crippen MR) is 114 cm³/mol. The van der Waals surface area contributed by atoms with E-state index >= 15 is 0 Å². The number of primary amides is 1. The van der Waals surface area contributed by atoms with Crippen LogP contribution >= 0.6 is 11.6 Å². The van der Waals surface area contributed by atoms with Crippen molar-refractivity contribution in [3.05, 3.63) is 77.5 Å². The number of aromatic nitrogens is 2. The first kappa shape index (κ1) is 19.4. The van der Waals surface area contributed by atoms with Gasteiger partial charge in [-0.25, -0.2) is 9.18 Å². The largest absolute Gasteiger partial charge is 0.364 e. The molecule has 0 aliphatic carbocycles. The molecule has 7 nitrogen and oxygen atoms in total. The Balaban J connectivity index is 1.55. The Labute approximate surface area is 175 Å². The van der Waals surface area contributed by atoms with Gasteiger partial charge in [0.25, 0.3) is 5.91 Å². The number of benzene rings is 2. The van der Waals surface area contributed by atoms with Crippen molar-refractivity contribution in [3.8, 4) is 11.1 Å². The van der Waals surface area contributed by atoms with Crippen molar-refractivity contribution >= 4 is 45.8 Å². The van der Waals surface area contributed by atoms with Crippen LogP contribution in [-0.4, -0.2) is 21.9 Å². The van der Waals surface area contributed by atoms with E-state index in [9.17, 15) is 14.0 Å². The van der Waals surface area contributed by atoms with E-state index in [1.807, 2.05) is 0 Å². The van der Waals surface area contributed by atoms with Gasteiger partial charge < -0.3 is 21.4 Å². The van der Waals surface area contributed by atoms with Crippen molar-refractivity contribution in [2.45, 2.75) is 0 Å². The normalized spacial score (nSPS) is 10.7. The number of nitrogens with two attached hydrogens (primary N) is 1. The Bertz CT molecular complexity index is 1270. The fourth-order valence-corrected chi connectivity index (χ4v) is 3.30. The van der Waals surface area contributed by atoms with Gasteiger partial charge in [-0.1, -0.05) is 23.7 Å². The fraction of sp³-hybridized carbons (Fsp3) is 0. The van der Waals surface area contributed by atoms with Crippen LogP contribution in [0.15, 0.2) is 60.9 Å². The molecule has 0 saturated carbocycles. The minimum Gasteiger partial charge on any atom is -0.364 e. The van der Waals surface area contributed by atoms with Gasteiger partial charge in [-0.05, 0) is 42.0 Å². The number of fused-ring (bicyclic) bond motifs is 1. The number of amides is 3. The molecule has 9 heteroatoms. The van der Waals surface area contributed by atoms with Gasteiger partial charge in [0.15, 0.2) is 0 Å². The van der Waals surface area contributed by atoms with E-state index in [1.165, 1.54) is 18.2 Å². The van der Waals surface area contributed by atoms with Crippen molar-refractivity contribution in [1.29, 1.82) is 0 Å². The summed E-state index contributed by atoms with van der Waals surface area (Å²) in [5.41, 5.74) is 8.78. The highest BCUT2D eigenvalue weighted by molar-refractivity contribution is 6.31. The Kier molecular flexibility index (Phi) is 5.07. The monoisotopic (exact) mass is 423 g/mol. The molecule has 2 heterocycles. The van der Waals surface area contributed by atoms with Crippen LogP contribution in [0.2, 0.25) is 5.02 Å². The average Bonchev–Trinajstić information content (AvgIpc) is 3.11. The third-order valence-electron chi connectivity index (χ3n) is 4.46. The number of nitrogens with zero attached hydrogens (tertiary/aromatic N) is 1. The molecule has 0 radical (unpaired) electrons. The molecule has 30 heavy (non-hydrogen) atoms. The summed E-state index contributed by atoms with van der Waals surface area (Å²) in [5, 5.41) is 5.97. The first-order valence-corrected chi connectivity index (χ1v) is 9.19. The molecule has 0 fully saturated rings. The molecule has 0 unspecified atom stereocenters. The van der Waals surface area contributed by atoms with Gasteiger partial charge in [0.05, 0.1) is 16.7 Å². The molecule has 2 aromatic heterocycles. The first-order chi connectivity index (χ1) is 14.4. The van der Waals surface area contributed by atoms with Crippen LogP contribution in [0.3, 0.4) is 0 Å². The Hall–Kier alpha value is -3.91. The zero-order chi connectivity index (χ0) is 21.3. The predicted octanol–water partition coefficient (Wildman–Crippen LogP) is 4.77. The van der Waals surface area contributed by atoms with E-state index in [0.717, 1.165) is 10.9 Å². The van der Waals surface area contributed by atoms with Crippen LogP contribution in [0.4, 0.5) is 20.6 Å². The molecule has 4 rings (SSSR count). The number of anilines is 2. The topological polar surface area (TPSA) is 113 Å². The van der Waals surface area contributed by atoms with Crippen molar-refractivity contribution in [2.75, 3.05) is 10.6 Å². The standard InChI is InChI=1S/C21H15ClFN5O2/c22-15-9-13(5-6-16(15)23)27-21(30)26-12-3-1-11(2-4-12)18-14-7-8-25-10-17(14)28-19(18)20(24)29/h1-10,28H,(H2,24,29)(H2,26,27,30). The summed E-state index contributed by atoms with van der Waals surface area (Å²) in [6.07, 6.45) is 3.25. The average molecular weight is 424 g/mol. The van der Waals surface area contributed by atoms with Crippen LogP contribution in [0.1, 0.15) is 10.5 Å². The molecule has 0 spiro atoms. The lowest BCUT2D eigenvalue weighted by Gasteiger charge is -2.09. The lowest BCUT2D eigenvalue weighted by molar-refractivity contribution is 0.0997. The quantitative estimate of drug-likeness (QED) is 0.379. The van der Waals surface area contributed by atoms with E-state index < -0.39 is 17.8 Å². The highest BCUT2D eigenvalue weighted by Gasteiger charge is 2.17. The molecule has 0 bridgehead atoms. The number of carbonyl (C=O) groups is 2. The Morgan fingerprint density at radius 1 is 1.03 bits per heavy atom. The minimum atomic E-state index is -0.583. The van der Waals surface area contributed by atoms with Gasteiger partial charge in [-0.2, -0.15) is 0 Å². The maximum Gasteiger partial charge on any atom is 0.323 e. The SMILES string of the molecule is NC(=O)c1[nH]c2cnccc2c1-c1ccc(NC(=O)Nc2ccc(F)c(Cl)c2)cc1. The zero-order valence-corrected chi connectivity index (χ0v) is 16.1. The molecule has 2 aromatic carbocycles. The number of aromatic amines is 1. The molecule has 0 aliphatic rings. The van der Waals surface area contributed by atoms with Crippen molar-refractivity contribution < 1.29 is 14.0 Å². The molecular formula is C21H15ClFN5O2. The van der Waals surface area contributed by atoms with Crippen molar-refractivity contribution in [1.82, 2.24) is 9.97 Å². The summed E-state index contributed by atoms with van der Waals surface area (Å²) in [7, 11) is 0. The molecule has 3 amide bonds. The Morgan fingerprint density at radius 3 is 2.43 bits per heavy atom. The Morgan fingerprint density at radius 2 is 1.73 bits per heavy atom. The van der Waals surface area contributed by atoms with Crippen LogP contribution in [0, 0.1) is 5.82 Å². The lowest BCUT2D eigenvalue weighted by atomic mass is 10.0. The number of hydrogen-bond acceptors (Lipinski definition) is 3. The van der Waals surface area contributed by atoms with Gasteiger partial charge in [0.1, 0.15) is 11.5 Å². The van der Waals surface area contributed by atoms with Gasteiger partial charge in [0.2, 0.25) is 0 Å².